The summed E-state index contributed by atoms with van der Waals surface area (Å²) in [6.45, 7) is 8.55. The second-order valence-corrected chi connectivity index (χ2v) is 10.2. The smallest absolute Gasteiger partial charge is 0.184 e. The molecule has 1 unspecified atom stereocenters. The summed E-state index contributed by atoms with van der Waals surface area (Å²) in [6, 6.07) is 0. The van der Waals surface area contributed by atoms with Gasteiger partial charge in [-0.15, -0.1) is 5.54 Å². The van der Waals surface area contributed by atoms with Gasteiger partial charge in [0.25, 0.3) is 0 Å². The average molecular weight is 234 g/mol. The molecular formula is C13H18O2Si. The maximum atomic E-state index is 11.4. The molecule has 0 bridgehead atoms. The summed E-state index contributed by atoms with van der Waals surface area (Å²) in [5.74, 6) is 3.13. The van der Waals surface area contributed by atoms with E-state index >= 15 is 0 Å². The van der Waals surface area contributed by atoms with Gasteiger partial charge in [0.15, 0.2) is 5.78 Å². The van der Waals surface area contributed by atoms with Crippen LogP contribution in [0.5, 0.6) is 0 Å². The Morgan fingerprint density at radius 1 is 1.50 bits per heavy atom. The van der Waals surface area contributed by atoms with Crippen LogP contribution in [0.1, 0.15) is 13.3 Å². The van der Waals surface area contributed by atoms with E-state index in [1.54, 1.807) is 0 Å². The molecule has 0 saturated heterocycles. The van der Waals surface area contributed by atoms with E-state index in [9.17, 15) is 4.79 Å². The zero-order chi connectivity index (χ0) is 12.4. The summed E-state index contributed by atoms with van der Waals surface area (Å²) in [6.07, 6.45) is 4.75. The zero-order valence-corrected chi connectivity index (χ0v) is 11.3. The molecule has 3 heteroatoms. The molecule has 0 aromatic rings. The van der Waals surface area contributed by atoms with Crippen molar-refractivity contribution < 1.29 is 9.90 Å². The van der Waals surface area contributed by atoms with Crippen molar-refractivity contribution in [2.45, 2.75) is 33.0 Å². The van der Waals surface area contributed by atoms with Crippen LogP contribution in [0.4, 0.5) is 0 Å². The quantitative estimate of drug-likeness (QED) is 0.303. The molecule has 0 heterocycles. The van der Waals surface area contributed by atoms with E-state index in [-0.39, 0.29) is 11.2 Å². The summed E-state index contributed by atoms with van der Waals surface area (Å²) in [5, 5.41) is 8.97. The van der Waals surface area contributed by atoms with E-state index in [0.29, 0.717) is 12.0 Å². The van der Waals surface area contributed by atoms with Crippen molar-refractivity contribution >= 4 is 13.9 Å². The van der Waals surface area contributed by atoms with Gasteiger partial charge in [-0.05, 0) is 19.4 Å². The van der Waals surface area contributed by atoms with E-state index in [2.05, 4.69) is 31.1 Å². The highest BCUT2D eigenvalue weighted by Crippen LogP contribution is 2.31. The van der Waals surface area contributed by atoms with Crippen molar-refractivity contribution in [2.75, 3.05) is 0 Å². The highest BCUT2D eigenvalue weighted by Gasteiger charge is 2.27. The summed E-state index contributed by atoms with van der Waals surface area (Å²) >= 11 is 0. The number of rotatable bonds is 0. The maximum absolute atomic E-state index is 11.4. The minimum atomic E-state index is -1.40. The van der Waals surface area contributed by atoms with Gasteiger partial charge in [-0.1, -0.05) is 31.6 Å². The van der Waals surface area contributed by atoms with Crippen molar-refractivity contribution in [1.29, 1.82) is 0 Å². The van der Waals surface area contributed by atoms with Gasteiger partial charge in [0.1, 0.15) is 8.07 Å². The van der Waals surface area contributed by atoms with Crippen LogP contribution in [0, 0.1) is 16.9 Å². The number of aliphatic hydroxyl groups is 1. The molecule has 1 aliphatic rings. The molecule has 0 spiro atoms. The molecule has 0 aromatic carbocycles. The van der Waals surface area contributed by atoms with Gasteiger partial charge >= 0.3 is 0 Å². The summed E-state index contributed by atoms with van der Waals surface area (Å²) < 4.78 is 0. The highest BCUT2D eigenvalue weighted by atomic mass is 28.3. The van der Waals surface area contributed by atoms with Crippen LogP contribution in [0.3, 0.4) is 0 Å². The third-order valence-corrected chi connectivity index (χ3v) is 3.23. The Balaban J connectivity index is 3.00. The molecule has 1 N–H and O–H groups in total. The predicted molar refractivity (Wildman–Crippen MR) is 68.7 cm³/mol. The van der Waals surface area contributed by atoms with E-state index < -0.39 is 8.07 Å². The SMILES string of the molecule is CC1(C#C[Si](C)(C)C)C=CC(=O)C(=CO)C1. The maximum Gasteiger partial charge on any atom is 0.184 e. The molecule has 0 amide bonds. The molecule has 1 atom stereocenters. The summed E-state index contributed by atoms with van der Waals surface area (Å²) in [5.41, 5.74) is 3.43. The van der Waals surface area contributed by atoms with Gasteiger partial charge in [0.2, 0.25) is 0 Å². The number of allylic oxidation sites excluding steroid dienone is 3. The molecule has 1 aliphatic carbocycles. The zero-order valence-electron chi connectivity index (χ0n) is 10.3. The van der Waals surface area contributed by atoms with Crippen LogP contribution in [0.25, 0.3) is 0 Å². The Hall–Kier alpha value is -1.27. The van der Waals surface area contributed by atoms with Gasteiger partial charge in [-0.25, -0.2) is 0 Å². The first kappa shape index (κ1) is 12.8. The van der Waals surface area contributed by atoms with E-state index in [1.165, 1.54) is 6.08 Å². The molecule has 1 rings (SSSR count). The number of aliphatic hydroxyl groups excluding tert-OH is 1. The Labute approximate surface area is 98.1 Å². The number of carbonyl (C=O) groups is 1. The van der Waals surface area contributed by atoms with Gasteiger partial charge in [-0.2, -0.15) is 0 Å². The topological polar surface area (TPSA) is 37.3 Å². The molecule has 2 nitrogen and oxygen atoms in total. The first-order valence-electron chi connectivity index (χ1n) is 5.37. The molecule has 0 fully saturated rings. The first-order valence-corrected chi connectivity index (χ1v) is 8.87. The van der Waals surface area contributed by atoms with Crippen LogP contribution in [0.15, 0.2) is 24.0 Å². The van der Waals surface area contributed by atoms with Gasteiger partial charge in [-0.3, -0.25) is 4.79 Å². The lowest BCUT2D eigenvalue weighted by atomic mass is 9.79. The van der Waals surface area contributed by atoms with Gasteiger partial charge in [0, 0.05) is 5.57 Å². The van der Waals surface area contributed by atoms with Gasteiger partial charge < -0.3 is 5.11 Å². The van der Waals surface area contributed by atoms with Crippen molar-refractivity contribution in [3.05, 3.63) is 24.0 Å². The standard InChI is InChI=1S/C13H18O2Si/c1-13(7-8-16(2,3)4)6-5-12(15)11(9-13)10-14/h5-6,10,14H,9H2,1-4H3. The van der Waals surface area contributed by atoms with E-state index in [1.807, 2.05) is 13.0 Å². The normalized spacial score (nSPS) is 27.8. The molecule has 0 radical (unpaired) electrons. The lowest BCUT2D eigenvalue weighted by Crippen LogP contribution is -2.23. The minimum Gasteiger partial charge on any atom is -0.515 e. The molecule has 86 valence electrons. The average Bonchev–Trinajstić information content (AvgIpc) is 2.19. The van der Waals surface area contributed by atoms with Crippen molar-refractivity contribution in [2.24, 2.45) is 5.41 Å². The van der Waals surface area contributed by atoms with Gasteiger partial charge in [0.05, 0.1) is 11.7 Å². The molecule has 16 heavy (non-hydrogen) atoms. The van der Waals surface area contributed by atoms with Crippen molar-refractivity contribution in [1.82, 2.24) is 0 Å². The van der Waals surface area contributed by atoms with Crippen molar-refractivity contribution in [3.8, 4) is 11.5 Å². The number of hydrogen-bond donors (Lipinski definition) is 1. The van der Waals surface area contributed by atoms with E-state index in [0.717, 1.165) is 6.26 Å². The summed E-state index contributed by atoms with van der Waals surface area (Å²) in [4.78, 5) is 11.4. The Morgan fingerprint density at radius 2 is 2.12 bits per heavy atom. The monoisotopic (exact) mass is 234 g/mol. The predicted octanol–water partition coefficient (Wildman–Crippen LogP) is 2.84. The molecule has 0 aromatic heterocycles. The Bertz CT molecular complexity index is 415. The first-order chi connectivity index (χ1) is 7.26. The summed E-state index contributed by atoms with van der Waals surface area (Å²) in [7, 11) is -1.40. The fraction of sp³-hybridized carbons (Fsp3) is 0.462. The third kappa shape index (κ3) is 3.39. The second kappa shape index (κ2) is 4.30. The fourth-order valence-corrected chi connectivity index (χ4v) is 2.09. The lowest BCUT2D eigenvalue weighted by Gasteiger charge is -2.24. The van der Waals surface area contributed by atoms with Crippen LogP contribution >= 0.6 is 0 Å². The van der Waals surface area contributed by atoms with Crippen LogP contribution in [-0.2, 0) is 4.79 Å². The number of hydrogen-bond acceptors (Lipinski definition) is 2. The van der Waals surface area contributed by atoms with Crippen LogP contribution < -0.4 is 0 Å². The number of ketones is 1. The van der Waals surface area contributed by atoms with Crippen molar-refractivity contribution in [3.63, 3.8) is 0 Å². The Morgan fingerprint density at radius 3 is 2.62 bits per heavy atom. The molecule has 0 aliphatic heterocycles. The Kier molecular flexibility index (Phi) is 3.44. The molecular weight excluding hydrogens is 216 g/mol. The minimum absolute atomic E-state index is 0.116. The largest absolute Gasteiger partial charge is 0.515 e. The van der Waals surface area contributed by atoms with Crippen LogP contribution in [-0.4, -0.2) is 19.0 Å². The lowest BCUT2D eigenvalue weighted by molar-refractivity contribution is -0.112. The molecule has 0 saturated carbocycles. The highest BCUT2D eigenvalue weighted by molar-refractivity contribution is 6.83. The number of carbonyl (C=O) groups excluding carboxylic acids is 1. The van der Waals surface area contributed by atoms with E-state index in [4.69, 9.17) is 5.11 Å². The van der Waals surface area contributed by atoms with Crippen LogP contribution in [0.2, 0.25) is 19.6 Å². The third-order valence-electron chi connectivity index (χ3n) is 2.36. The fourth-order valence-electron chi connectivity index (χ4n) is 1.43. The second-order valence-electron chi connectivity index (χ2n) is 5.45.